The number of ether oxygens (including phenoxy) is 4. The van der Waals surface area contributed by atoms with Crippen molar-refractivity contribution in [2.45, 2.75) is 72.2 Å². The molecular weight excluding hydrogens is 416 g/mol. The first-order valence-electron chi connectivity index (χ1n) is 10.9. The molecule has 0 aliphatic carbocycles. The predicted molar refractivity (Wildman–Crippen MR) is 114 cm³/mol. The van der Waals surface area contributed by atoms with Crippen molar-refractivity contribution >= 4 is 11.9 Å². The van der Waals surface area contributed by atoms with Crippen LogP contribution < -0.4 is 0 Å². The molecule has 4 heterocycles. The van der Waals surface area contributed by atoms with Gasteiger partial charge in [0.05, 0.1) is 43.4 Å². The van der Waals surface area contributed by atoms with Crippen LogP contribution in [0.5, 0.6) is 0 Å². The molecule has 0 atom stereocenters. The fraction of sp³-hybridized carbons (Fsp3) is 0.636. The van der Waals surface area contributed by atoms with Crippen molar-refractivity contribution in [2.24, 2.45) is 0 Å². The number of rotatable bonds is 4. The molecule has 0 unspecified atom stereocenters. The number of aromatic amines is 2. The van der Waals surface area contributed by atoms with Crippen molar-refractivity contribution < 1.29 is 28.5 Å². The molecule has 10 nitrogen and oxygen atoms in total. The van der Waals surface area contributed by atoms with Crippen molar-refractivity contribution in [1.82, 2.24) is 20.4 Å². The monoisotopic (exact) mass is 448 g/mol. The van der Waals surface area contributed by atoms with Gasteiger partial charge in [-0.3, -0.25) is 10.2 Å². The number of carbonyl (C=O) groups is 2. The van der Waals surface area contributed by atoms with Gasteiger partial charge < -0.3 is 18.9 Å². The number of H-pyrrole nitrogens is 2. The maximum atomic E-state index is 11.6. The summed E-state index contributed by atoms with van der Waals surface area (Å²) >= 11 is 0. The number of aromatic nitrogens is 4. The number of fused-ring (bicyclic) bond motifs is 2. The van der Waals surface area contributed by atoms with Crippen molar-refractivity contribution in [1.29, 1.82) is 0 Å². The van der Waals surface area contributed by atoms with E-state index in [2.05, 4.69) is 20.4 Å². The van der Waals surface area contributed by atoms with Crippen molar-refractivity contribution in [2.75, 3.05) is 19.8 Å². The Balaban J connectivity index is 0.000000181. The molecule has 2 aromatic heterocycles. The predicted octanol–water partition coefficient (Wildman–Crippen LogP) is 2.83. The van der Waals surface area contributed by atoms with Gasteiger partial charge in [-0.2, -0.15) is 10.2 Å². The van der Waals surface area contributed by atoms with Gasteiger partial charge in [-0.15, -0.1) is 0 Å². The zero-order valence-electron chi connectivity index (χ0n) is 19.6. The molecule has 0 aromatic carbocycles. The number of carbonyl (C=O) groups excluding carboxylic acids is 2. The lowest BCUT2D eigenvalue weighted by atomic mass is 9.94. The maximum Gasteiger partial charge on any atom is 0.359 e. The Bertz CT molecular complexity index is 975. The third-order valence-corrected chi connectivity index (χ3v) is 5.38. The molecule has 0 amide bonds. The van der Waals surface area contributed by atoms with Gasteiger partial charge in [-0.25, -0.2) is 9.59 Å². The summed E-state index contributed by atoms with van der Waals surface area (Å²) in [6, 6.07) is 0. The standard InChI is InChI=1S/2C11H16N2O3/c1-4-15-10(14)9-7-5-11(2,3)16-6-8(7)12-13-9;1-4-15-10(14)8-7-5-6-16-11(2,3)9(7)13-12-8/h2*4-6H2,1-3H3,(H,12,13). The molecule has 0 bridgehead atoms. The van der Waals surface area contributed by atoms with Crippen LogP contribution in [-0.4, -0.2) is 57.8 Å². The van der Waals surface area contributed by atoms with Gasteiger partial charge in [-0.1, -0.05) is 0 Å². The van der Waals surface area contributed by atoms with E-state index in [9.17, 15) is 9.59 Å². The van der Waals surface area contributed by atoms with Crippen LogP contribution in [0.15, 0.2) is 0 Å². The van der Waals surface area contributed by atoms with Crippen LogP contribution in [0.4, 0.5) is 0 Å². The van der Waals surface area contributed by atoms with Gasteiger partial charge in [0.25, 0.3) is 0 Å². The lowest BCUT2D eigenvalue weighted by Gasteiger charge is -2.29. The Morgan fingerprint density at radius 1 is 0.938 bits per heavy atom. The molecule has 0 saturated carbocycles. The summed E-state index contributed by atoms with van der Waals surface area (Å²) in [6.07, 6.45) is 1.37. The highest BCUT2D eigenvalue weighted by Crippen LogP contribution is 2.32. The van der Waals surface area contributed by atoms with E-state index in [-0.39, 0.29) is 17.5 Å². The third-order valence-electron chi connectivity index (χ3n) is 5.38. The van der Waals surface area contributed by atoms with Crippen LogP contribution in [-0.2, 0) is 44.0 Å². The zero-order valence-corrected chi connectivity index (χ0v) is 19.6. The first kappa shape index (κ1) is 23.9. The minimum Gasteiger partial charge on any atom is -0.461 e. The topological polar surface area (TPSA) is 128 Å². The third kappa shape index (κ3) is 5.02. The average Bonchev–Trinajstić information content (AvgIpc) is 3.33. The van der Waals surface area contributed by atoms with Gasteiger partial charge in [0.15, 0.2) is 11.4 Å². The minimum atomic E-state index is -0.411. The van der Waals surface area contributed by atoms with Crippen LogP contribution in [0, 0.1) is 0 Å². The van der Waals surface area contributed by atoms with E-state index in [1.165, 1.54) is 0 Å². The Morgan fingerprint density at radius 2 is 1.53 bits per heavy atom. The van der Waals surface area contributed by atoms with E-state index in [1.807, 2.05) is 27.7 Å². The van der Waals surface area contributed by atoms with Crippen LogP contribution >= 0.6 is 0 Å². The lowest BCUT2D eigenvalue weighted by molar-refractivity contribution is -0.0416. The van der Waals surface area contributed by atoms with E-state index < -0.39 is 5.60 Å². The Kier molecular flexibility index (Phi) is 7.04. The van der Waals surface area contributed by atoms with Crippen LogP contribution in [0.2, 0.25) is 0 Å². The molecular formula is C22H32N4O6. The highest BCUT2D eigenvalue weighted by molar-refractivity contribution is 5.89. The molecule has 0 saturated heterocycles. The van der Waals surface area contributed by atoms with E-state index in [0.29, 0.717) is 50.7 Å². The SMILES string of the molecule is CCOC(=O)c1n[nH]c2c1CC(C)(C)OC2.CCOC(=O)c1n[nH]c2c1CCOC2(C)C. The summed E-state index contributed by atoms with van der Waals surface area (Å²) in [6.45, 7) is 13.3. The molecule has 0 fully saturated rings. The fourth-order valence-electron chi connectivity index (χ4n) is 3.78. The Hall–Kier alpha value is -2.72. The summed E-state index contributed by atoms with van der Waals surface area (Å²) in [5.41, 5.74) is 3.73. The molecule has 2 aliphatic heterocycles. The normalized spacial score (nSPS) is 17.9. The Labute approximate surface area is 187 Å². The molecule has 2 N–H and O–H groups in total. The van der Waals surface area contributed by atoms with E-state index in [1.54, 1.807) is 13.8 Å². The highest BCUT2D eigenvalue weighted by Gasteiger charge is 2.34. The van der Waals surface area contributed by atoms with Gasteiger partial charge in [-0.05, 0) is 41.5 Å². The summed E-state index contributed by atoms with van der Waals surface area (Å²) in [5.74, 6) is -0.726. The fourth-order valence-corrected chi connectivity index (χ4v) is 3.78. The van der Waals surface area contributed by atoms with Crippen molar-refractivity contribution in [3.63, 3.8) is 0 Å². The summed E-state index contributed by atoms with van der Waals surface area (Å²) in [7, 11) is 0. The second-order valence-electron chi connectivity index (χ2n) is 8.73. The second-order valence-corrected chi connectivity index (χ2v) is 8.73. The molecule has 0 spiro atoms. The van der Waals surface area contributed by atoms with Gasteiger partial charge in [0.2, 0.25) is 0 Å². The number of hydrogen-bond acceptors (Lipinski definition) is 8. The second kappa shape index (κ2) is 9.41. The molecule has 10 heteroatoms. The number of hydrogen-bond donors (Lipinski definition) is 2. The quantitative estimate of drug-likeness (QED) is 0.683. The molecule has 32 heavy (non-hydrogen) atoms. The summed E-state index contributed by atoms with van der Waals surface area (Å²) < 4.78 is 21.2. The van der Waals surface area contributed by atoms with Gasteiger partial charge in [0.1, 0.15) is 5.60 Å². The summed E-state index contributed by atoms with van der Waals surface area (Å²) in [5, 5.41) is 13.7. The highest BCUT2D eigenvalue weighted by atomic mass is 16.5. The molecule has 0 radical (unpaired) electrons. The minimum absolute atomic E-state index is 0.252. The van der Waals surface area contributed by atoms with Crippen LogP contribution in [0.25, 0.3) is 0 Å². The van der Waals surface area contributed by atoms with Gasteiger partial charge >= 0.3 is 11.9 Å². The van der Waals surface area contributed by atoms with Gasteiger partial charge in [0, 0.05) is 24.0 Å². The van der Waals surface area contributed by atoms with Crippen molar-refractivity contribution in [3.05, 3.63) is 33.9 Å². The first-order chi connectivity index (χ1) is 15.1. The van der Waals surface area contributed by atoms with Crippen LogP contribution in [0.1, 0.15) is 85.0 Å². The van der Waals surface area contributed by atoms with Crippen molar-refractivity contribution in [3.8, 4) is 0 Å². The number of esters is 2. The number of nitrogens with zero attached hydrogens (tertiary/aromatic N) is 2. The molecule has 176 valence electrons. The Morgan fingerprint density at radius 3 is 2.16 bits per heavy atom. The molecule has 2 aliphatic rings. The zero-order chi connectivity index (χ0) is 23.5. The van der Waals surface area contributed by atoms with Crippen LogP contribution in [0.3, 0.4) is 0 Å². The lowest BCUT2D eigenvalue weighted by Crippen LogP contribution is -2.32. The molecule has 4 rings (SSSR count). The average molecular weight is 449 g/mol. The van der Waals surface area contributed by atoms with E-state index >= 15 is 0 Å². The number of nitrogens with one attached hydrogen (secondary N) is 2. The summed E-state index contributed by atoms with van der Waals surface area (Å²) in [4.78, 5) is 23.3. The van der Waals surface area contributed by atoms with E-state index in [4.69, 9.17) is 18.9 Å². The molecule has 2 aromatic rings. The smallest absolute Gasteiger partial charge is 0.359 e. The largest absolute Gasteiger partial charge is 0.461 e. The van der Waals surface area contributed by atoms with E-state index in [0.717, 1.165) is 22.5 Å². The first-order valence-corrected chi connectivity index (χ1v) is 10.9. The maximum absolute atomic E-state index is 11.6.